The maximum absolute atomic E-state index is 3.87. The summed E-state index contributed by atoms with van der Waals surface area (Å²) in [6.07, 6.45) is 0. The quantitative estimate of drug-likeness (QED) is 0.511. The number of nitrogens with zero attached hydrogens (tertiary/aromatic N) is 2. The van der Waals surface area contributed by atoms with Crippen LogP contribution in [0, 0.1) is 0 Å². The topological polar surface area (TPSA) is 6.48 Å². The molecule has 0 saturated carbocycles. The van der Waals surface area contributed by atoms with Gasteiger partial charge in [-0.15, -0.1) is 0 Å². The Morgan fingerprint density at radius 3 is 2.33 bits per heavy atom. The first-order valence-corrected chi connectivity index (χ1v) is 3.29. The second kappa shape index (κ2) is 2.40. The summed E-state index contributed by atoms with van der Waals surface area (Å²) in [5.41, 5.74) is 1.18. The Hall–Kier alpha value is -0.500. The van der Waals surface area contributed by atoms with Gasteiger partial charge in [-0.3, -0.25) is 4.90 Å². The van der Waals surface area contributed by atoms with Crippen molar-refractivity contribution >= 4 is 0 Å². The van der Waals surface area contributed by atoms with E-state index in [9.17, 15) is 0 Å². The van der Waals surface area contributed by atoms with Gasteiger partial charge >= 0.3 is 0 Å². The lowest BCUT2D eigenvalue weighted by molar-refractivity contribution is 0.325. The summed E-state index contributed by atoms with van der Waals surface area (Å²) in [6, 6.07) is 0. The third-order valence-electron chi connectivity index (χ3n) is 1.70. The first-order valence-electron chi connectivity index (χ1n) is 3.29. The third kappa shape index (κ3) is 1.45. The molecule has 0 unspecified atom stereocenters. The number of hydrogen-bond acceptors (Lipinski definition) is 2. The van der Waals surface area contributed by atoms with Crippen molar-refractivity contribution in [2.24, 2.45) is 0 Å². The van der Waals surface area contributed by atoms with Crippen LogP contribution in [0.1, 0.15) is 6.92 Å². The van der Waals surface area contributed by atoms with Crippen LogP contribution in [-0.4, -0.2) is 36.6 Å². The van der Waals surface area contributed by atoms with Crippen molar-refractivity contribution in [3.8, 4) is 0 Å². The van der Waals surface area contributed by atoms with Gasteiger partial charge in [-0.25, -0.2) is 0 Å². The number of rotatable bonds is 1. The van der Waals surface area contributed by atoms with E-state index >= 15 is 0 Å². The molecule has 1 heterocycles. The molecule has 52 valence electrons. The molecule has 2 nitrogen and oxygen atoms in total. The molecule has 0 spiro atoms. The average molecular weight is 126 g/mol. The van der Waals surface area contributed by atoms with Crippen LogP contribution in [0.2, 0.25) is 0 Å². The van der Waals surface area contributed by atoms with Gasteiger partial charge in [0, 0.05) is 18.8 Å². The van der Waals surface area contributed by atoms with E-state index in [-0.39, 0.29) is 0 Å². The summed E-state index contributed by atoms with van der Waals surface area (Å²) in [5, 5.41) is 0. The van der Waals surface area contributed by atoms with E-state index in [1.54, 1.807) is 0 Å². The summed E-state index contributed by atoms with van der Waals surface area (Å²) in [5.74, 6) is 0. The minimum absolute atomic E-state index is 1.05. The fourth-order valence-corrected chi connectivity index (χ4v) is 1.04. The molecule has 2 heteroatoms. The van der Waals surface area contributed by atoms with Gasteiger partial charge in [0.1, 0.15) is 0 Å². The van der Waals surface area contributed by atoms with Gasteiger partial charge in [0.25, 0.3) is 0 Å². The van der Waals surface area contributed by atoms with E-state index in [0.29, 0.717) is 0 Å². The zero-order valence-electron chi connectivity index (χ0n) is 6.22. The molecule has 1 saturated heterocycles. The molecule has 0 aliphatic carbocycles. The molecule has 0 atom stereocenters. The van der Waals surface area contributed by atoms with Gasteiger partial charge in [-0.2, -0.15) is 0 Å². The molecule has 1 aliphatic rings. The van der Waals surface area contributed by atoms with Crippen molar-refractivity contribution in [3.05, 3.63) is 12.3 Å². The van der Waals surface area contributed by atoms with Crippen LogP contribution in [0.5, 0.6) is 0 Å². The molecule has 0 radical (unpaired) electrons. The van der Waals surface area contributed by atoms with Gasteiger partial charge in [0.2, 0.25) is 0 Å². The molecule has 0 aromatic heterocycles. The summed E-state index contributed by atoms with van der Waals surface area (Å²) < 4.78 is 0. The minimum atomic E-state index is 1.05. The van der Waals surface area contributed by atoms with Crippen LogP contribution >= 0.6 is 0 Å². The largest absolute Gasteiger partial charge is 0.361 e. The Labute approximate surface area is 56.8 Å². The van der Waals surface area contributed by atoms with Crippen molar-refractivity contribution in [1.82, 2.24) is 9.80 Å². The molecular weight excluding hydrogens is 112 g/mol. The molecular formula is C7H14N2. The normalized spacial score (nSPS) is 20.9. The predicted molar refractivity (Wildman–Crippen MR) is 39.0 cm³/mol. The summed E-state index contributed by atoms with van der Waals surface area (Å²) >= 11 is 0. The lowest BCUT2D eigenvalue weighted by Gasteiger charge is -2.16. The molecule has 1 aliphatic heterocycles. The van der Waals surface area contributed by atoms with Gasteiger partial charge < -0.3 is 4.90 Å². The fourth-order valence-electron chi connectivity index (χ4n) is 1.04. The molecule has 0 bridgehead atoms. The van der Waals surface area contributed by atoms with E-state index in [1.807, 2.05) is 0 Å². The van der Waals surface area contributed by atoms with Crippen molar-refractivity contribution in [2.45, 2.75) is 6.92 Å². The van der Waals surface area contributed by atoms with E-state index in [0.717, 1.165) is 13.2 Å². The average Bonchev–Trinajstić information content (AvgIpc) is 2.14. The maximum Gasteiger partial charge on any atom is 0.0702 e. The Bertz CT molecular complexity index is 120. The van der Waals surface area contributed by atoms with Gasteiger partial charge in [-0.1, -0.05) is 6.58 Å². The molecule has 0 aromatic carbocycles. The van der Waals surface area contributed by atoms with Crippen molar-refractivity contribution in [1.29, 1.82) is 0 Å². The first kappa shape index (κ1) is 6.62. The smallest absolute Gasteiger partial charge is 0.0702 e. The SMILES string of the molecule is C=C(C)N1CCN(C)C1. The van der Waals surface area contributed by atoms with E-state index in [4.69, 9.17) is 0 Å². The van der Waals surface area contributed by atoms with Gasteiger partial charge in [-0.05, 0) is 14.0 Å². The Morgan fingerprint density at radius 1 is 1.44 bits per heavy atom. The molecule has 9 heavy (non-hydrogen) atoms. The van der Waals surface area contributed by atoms with Crippen LogP contribution in [0.15, 0.2) is 12.3 Å². The van der Waals surface area contributed by atoms with E-state index < -0.39 is 0 Å². The van der Waals surface area contributed by atoms with E-state index in [1.165, 1.54) is 12.2 Å². The number of likely N-dealkylation sites (N-methyl/N-ethyl adjacent to an activating group) is 1. The highest BCUT2D eigenvalue weighted by atomic mass is 15.4. The highest BCUT2D eigenvalue weighted by molar-refractivity contribution is 4.90. The predicted octanol–water partition coefficient (Wildman–Crippen LogP) is 0.725. The summed E-state index contributed by atoms with van der Waals surface area (Å²) in [7, 11) is 2.13. The highest BCUT2D eigenvalue weighted by Gasteiger charge is 2.14. The first-order chi connectivity index (χ1) is 4.20. The van der Waals surface area contributed by atoms with Crippen molar-refractivity contribution in [2.75, 3.05) is 26.8 Å². The summed E-state index contributed by atoms with van der Waals surface area (Å²) in [6.45, 7) is 9.29. The Balaban J connectivity index is 2.39. The minimum Gasteiger partial charge on any atom is -0.361 e. The Morgan fingerprint density at radius 2 is 2.11 bits per heavy atom. The van der Waals surface area contributed by atoms with Crippen molar-refractivity contribution in [3.63, 3.8) is 0 Å². The maximum atomic E-state index is 3.87. The lowest BCUT2D eigenvalue weighted by atomic mass is 10.5. The number of hydrogen-bond donors (Lipinski definition) is 0. The molecule has 0 N–H and O–H groups in total. The second-order valence-electron chi connectivity index (χ2n) is 2.72. The Kier molecular flexibility index (Phi) is 1.76. The molecule has 0 aromatic rings. The zero-order valence-corrected chi connectivity index (χ0v) is 6.22. The molecule has 0 amide bonds. The van der Waals surface area contributed by atoms with Crippen molar-refractivity contribution < 1.29 is 0 Å². The van der Waals surface area contributed by atoms with Crippen LogP contribution in [-0.2, 0) is 0 Å². The monoisotopic (exact) mass is 126 g/mol. The standard InChI is InChI=1S/C7H14N2/c1-7(2)9-5-4-8(3)6-9/h1,4-6H2,2-3H3. The van der Waals surface area contributed by atoms with Crippen LogP contribution in [0.4, 0.5) is 0 Å². The molecule has 1 fully saturated rings. The third-order valence-corrected chi connectivity index (χ3v) is 1.70. The van der Waals surface area contributed by atoms with Crippen LogP contribution in [0.3, 0.4) is 0 Å². The lowest BCUT2D eigenvalue weighted by Crippen LogP contribution is -2.20. The highest BCUT2D eigenvalue weighted by Crippen LogP contribution is 2.06. The zero-order chi connectivity index (χ0) is 6.85. The van der Waals surface area contributed by atoms with Crippen LogP contribution in [0.25, 0.3) is 0 Å². The summed E-state index contributed by atoms with van der Waals surface area (Å²) in [4.78, 5) is 4.56. The van der Waals surface area contributed by atoms with E-state index in [2.05, 4.69) is 30.4 Å². The molecule has 1 rings (SSSR count). The van der Waals surface area contributed by atoms with Gasteiger partial charge in [0.05, 0.1) is 6.67 Å². The van der Waals surface area contributed by atoms with Gasteiger partial charge in [0.15, 0.2) is 0 Å². The van der Waals surface area contributed by atoms with Crippen LogP contribution < -0.4 is 0 Å². The fraction of sp³-hybridized carbons (Fsp3) is 0.714. The second-order valence-corrected chi connectivity index (χ2v) is 2.72. The number of allylic oxidation sites excluding steroid dienone is 1.